The number of amides is 1. The number of aromatic nitrogens is 4. The maximum absolute atomic E-state index is 11.1. The van der Waals surface area contributed by atoms with Crippen LogP contribution in [-0.2, 0) is 9.53 Å². The van der Waals surface area contributed by atoms with Crippen LogP contribution in [0, 0.1) is 0 Å². The Morgan fingerprint density at radius 1 is 1.18 bits per heavy atom. The summed E-state index contributed by atoms with van der Waals surface area (Å²) in [6.07, 6.45) is 11.0. The zero-order chi connectivity index (χ0) is 19.1. The van der Waals surface area contributed by atoms with Gasteiger partial charge >= 0.3 is 0 Å². The number of fused-ring (bicyclic) bond motifs is 1. The highest BCUT2D eigenvalue weighted by Crippen LogP contribution is 2.40. The predicted octanol–water partition coefficient (Wildman–Crippen LogP) is 1.17. The third kappa shape index (κ3) is 2.93. The minimum Gasteiger partial charge on any atom is -0.382 e. The maximum Gasteiger partial charge on any atom is 0.209 e. The molecule has 9 nitrogen and oxygen atoms in total. The molecule has 0 radical (unpaired) electrons. The van der Waals surface area contributed by atoms with Crippen LogP contribution in [0.3, 0.4) is 0 Å². The standard InChI is InChI=1S/C19H27N7O2/c20-17-16-18(22-11-21-17)26(12-23-16)15-3-2-14(28-15)10-25-7-1-4-19(25)5-8-24(13-27)9-6-19/h11-15H,1-10H2,(H2,20,21,22). The van der Waals surface area contributed by atoms with Crippen molar-refractivity contribution in [3.63, 3.8) is 0 Å². The van der Waals surface area contributed by atoms with Gasteiger partial charge in [-0.25, -0.2) is 15.0 Å². The van der Waals surface area contributed by atoms with E-state index in [9.17, 15) is 4.79 Å². The molecule has 5 heterocycles. The molecule has 150 valence electrons. The molecule has 3 saturated heterocycles. The molecule has 2 aromatic heterocycles. The van der Waals surface area contributed by atoms with Gasteiger partial charge in [-0.15, -0.1) is 0 Å². The Bertz CT molecular complexity index is 861. The first-order chi connectivity index (χ1) is 13.7. The fourth-order valence-corrected chi connectivity index (χ4v) is 5.24. The molecule has 5 rings (SSSR count). The molecule has 9 heteroatoms. The van der Waals surface area contributed by atoms with Crippen molar-refractivity contribution in [2.24, 2.45) is 0 Å². The predicted molar refractivity (Wildman–Crippen MR) is 103 cm³/mol. The van der Waals surface area contributed by atoms with Gasteiger partial charge in [0, 0.05) is 25.2 Å². The maximum atomic E-state index is 11.1. The van der Waals surface area contributed by atoms with Crippen molar-refractivity contribution >= 4 is 23.4 Å². The Balaban J connectivity index is 1.26. The second-order valence-corrected chi connectivity index (χ2v) is 8.29. The Hall–Kier alpha value is -2.26. The monoisotopic (exact) mass is 385 g/mol. The number of carbonyl (C=O) groups excluding carboxylic acids is 1. The van der Waals surface area contributed by atoms with Crippen molar-refractivity contribution in [3.05, 3.63) is 12.7 Å². The summed E-state index contributed by atoms with van der Waals surface area (Å²) in [7, 11) is 0. The number of nitrogens with two attached hydrogens (primary N) is 1. The number of rotatable bonds is 4. The number of nitrogen functional groups attached to an aromatic ring is 1. The first-order valence-electron chi connectivity index (χ1n) is 10.2. The van der Waals surface area contributed by atoms with E-state index in [1.807, 2.05) is 9.47 Å². The Morgan fingerprint density at radius 3 is 2.86 bits per heavy atom. The molecule has 1 amide bonds. The van der Waals surface area contributed by atoms with E-state index in [-0.39, 0.29) is 17.9 Å². The second-order valence-electron chi connectivity index (χ2n) is 8.29. The number of anilines is 1. The summed E-state index contributed by atoms with van der Waals surface area (Å²) in [6.45, 7) is 3.83. The van der Waals surface area contributed by atoms with E-state index in [4.69, 9.17) is 10.5 Å². The Morgan fingerprint density at radius 2 is 2.04 bits per heavy atom. The lowest BCUT2D eigenvalue weighted by atomic mass is 9.85. The smallest absolute Gasteiger partial charge is 0.209 e. The molecule has 2 atom stereocenters. The van der Waals surface area contributed by atoms with Crippen LogP contribution in [0.4, 0.5) is 5.82 Å². The van der Waals surface area contributed by atoms with Crippen molar-refractivity contribution < 1.29 is 9.53 Å². The normalized spacial score (nSPS) is 27.8. The molecule has 1 spiro atoms. The molecule has 2 unspecified atom stereocenters. The molecule has 28 heavy (non-hydrogen) atoms. The molecule has 3 fully saturated rings. The summed E-state index contributed by atoms with van der Waals surface area (Å²) >= 11 is 0. The zero-order valence-corrected chi connectivity index (χ0v) is 16.0. The number of carbonyl (C=O) groups is 1. The van der Waals surface area contributed by atoms with E-state index >= 15 is 0 Å². The number of ether oxygens (including phenoxy) is 1. The summed E-state index contributed by atoms with van der Waals surface area (Å²) < 4.78 is 8.39. The van der Waals surface area contributed by atoms with Gasteiger partial charge in [0.1, 0.15) is 18.1 Å². The summed E-state index contributed by atoms with van der Waals surface area (Å²) in [5, 5.41) is 0. The van der Waals surface area contributed by atoms with Crippen LogP contribution in [0.1, 0.15) is 44.8 Å². The average Bonchev–Trinajstić information content (AvgIpc) is 3.43. The van der Waals surface area contributed by atoms with Gasteiger partial charge in [0.05, 0.1) is 12.4 Å². The van der Waals surface area contributed by atoms with Gasteiger partial charge < -0.3 is 15.4 Å². The Kier molecular flexibility index (Phi) is 4.43. The summed E-state index contributed by atoms with van der Waals surface area (Å²) in [5.41, 5.74) is 7.53. The van der Waals surface area contributed by atoms with E-state index in [0.717, 1.165) is 63.9 Å². The van der Waals surface area contributed by atoms with E-state index in [0.29, 0.717) is 11.3 Å². The lowest BCUT2D eigenvalue weighted by molar-refractivity contribution is -0.120. The molecule has 2 aromatic rings. The topological polar surface area (TPSA) is 102 Å². The minimum atomic E-state index is -0.0558. The van der Waals surface area contributed by atoms with Gasteiger partial charge in [-0.1, -0.05) is 0 Å². The highest BCUT2D eigenvalue weighted by atomic mass is 16.5. The molecular formula is C19H27N7O2. The van der Waals surface area contributed by atoms with Crippen LogP contribution < -0.4 is 5.73 Å². The van der Waals surface area contributed by atoms with Crippen molar-refractivity contribution in [2.75, 3.05) is 31.9 Å². The highest BCUT2D eigenvalue weighted by molar-refractivity contribution is 5.81. The first-order valence-corrected chi connectivity index (χ1v) is 10.2. The van der Waals surface area contributed by atoms with E-state index < -0.39 is 0 Å². The first kappa shape index (κ1) is 17.8. The number of hydrogen-bond donors (Lipinski definition) is 1. The largest absolute Gasteiger partial charge is 0.382 e. The number of hydrogen-bond acceptors (Lipinski definition) is 7. The minimum absolute atomic E-state index is 0.0558. The van der Waals surface area contributed by atoms with Gasteiger partial charge in [0.15, 0.2) is 11.5 Å². The fourth-order valence-electron chi connectivity index (χ4n) is 5.24. The van der Waals surface area contributed by atoms with Crippen LogP contribution in [-0.4, -0.2) is 73.6 Å². The number of piperidine rings is 1. The van der Waals surface area contributed by atoms with Crippen LogP contribution in [0.25, 0.3) is 11.2 Å². The van der Waals surface area contributed by atoms with E-state index in [1.165, 1.54) is 19.2 Å². The van der Waals surface area contributed by atoms with Crippen molar-refractivity contribution in [1.29, 1.82) is 0 Å². The van der Waals surface area contributed by atoms with Crippen molar-refractivity contribution in [2.45, 2.75) is 56.4 Å². The lowest BCUT2D eigenvalue weighted by Gasteiger charge is -2.45. The van der Waals surface area contributed by atoms with Crippen LogP contribution in [0.5, 0.6) is 0 Å². The molecule has 2 N–H and O–H groups in total. The van der Waals surface area contributed by atoms with Gasteiger partial charge in [0.25, 0.3) is 0 Å². The highest BCUT2D eigenvalue weighted by Gasteiger charge is 2.44. The molecular weight excluding hydrogens is 358 g/mol. The summed E-state index contributed by atoms with van der Waals surface area (Å²) in [5.74, 6) is 0.402. The number of likely N-dealkylation sites (tertiary alicyclic amines) is 2. The SMILES string of the molecule is Nc1ncnc2c1ncn2C1CCC(CN2CCCC23CCN(C=O)CC3)O1. The quantitative estimate of drug-likeness (QED) is 0.788. The molecule has 0 saturated carbocycles. The van der Waals surface area contributed by atoms with Crippen LogP contribution in [0.15, 0.2) is 12.7 Å². The third-order valence-electron chi connectivity index (χ3n) is 6.83. The number of nitrogens with zero attached hydrogens (tertiary/aromatic N) is 6. The Labute approximate surface area is 163 Å². The van der Waals surface area contributed by atoms with Gasteiger partial charge in [-0.2, -0.15) is 0 Å². The van der Waals surface area contributed by atoms with E-state index in [2.05, 4.69) is 19.9 Å². The molecule has 0 aromatic carbocycles. The number of imidazole rings is 1. The van der Waals surface area contributed by atoms with Crippen LogP contribution in [0.2, 0.25) is 0 Å². The summed E-state index contributed by atoms with van der Waals surface area (Å²) in [4.78, 5) is 28.3. The van der Waals surface area contributed by atoms with E-state index in [1.54, 1.807) is 6.33 Å². The van der Waals surface area contributed by atoms with Gasteiger partial charge in [-0.05, 0) is 45.1 Å². The summed E-state index contributed by atoms with van der Waals surface area (Å²) in [6, 6.07) is 0. The second kappa shape index (κ2) is 6.97. The molecule has 0 bridgehead atoms. The van der Waals surface area contributed by atoms with Gasteiger partial charge in [-0.3, -0.25) is 14.3 Å². The average molecular weight is 385 g/mol. The molecule has 3 aliphatic heterocycles. The molecule has 0 aliphatic carbocycles. The molecule has 3 aliphatic rings. The fraction of sp³-hybridized carbons (Fsp3) is 0.684. The van der Waals surface area contributed by atoms with Crippen molar-refractivity contribution in [1.82, 2.24) is 29.3 Å². The third-order valence-corrected chi connectivity index (χ3v) is 6.83. The lowest BCUT2D eigenvalue weighted by Crippen LogP contribution is -2.53. The zero-order valence-electron chi connectivity index (χ0n) is 16.0. The van der Waals surface area contributed by atoms with Crippen molar-refractivity contribution in [3.8, 4) is 0 Å². The van der Waals surface area contributed by atoms with Crippen LogP contribution >= 0.6 is 0 Å². The van der Waals surface area contributed by atoms with Gasteiger partial charge in [0.2, 0.25) is 6.41 Å².